The summed E-state index contributed by atoms with van der Waals surface area (Å²) in [6.45, 7) is 12.0. The monoisotopic (exact) mass is 392 g/mol. The Balaban J connectivity index is 1.72. The van der Waals surface area contributed by atoms with Crippen LogP contribution in [0.2, 0.25) is 0 Å². The molecular weight excluding hydrogens is 352 g/mol. The third-order valence-electron chi connectivity index (χ3n) is 8.40. The van der Waals surface area contributed by atoms with Crippen LogP contribution >= 0.6 is 0 Å². The molecule has 0 spiro atoms. The van der Waals surface area contributed by atoms with Crippen LogP contribution in [0.1, 0.15) is 73.1 Å². The highest BCUT2D eigenvalue weighted by atomic mass is 16.3. The maximum absolute atomic E-state index is 13.1. The lowest BCUT2D eigenvalue weighted by molar-refractivity contribution is -0.151. The molecule has 0 radical (unpaired) electrons. The van der Waals surface area contributed by atoms with Gasteiger partial charge in [-0.25, -0.2) is 0 Å². The highest BCUT2D eigenvalue weighted by Gasteiger charge is 2.54. The molecule has 2 amide bonds. The predicted molar refractivity (Wildman–Crippen MR) is 110 cm³/mol. The number of carbonyl (C=O) groups is 2. The number of nitrogens with zero attached hydrogens (tertiary/aromatic N) is 1. The number of hydrogen-bond acceptors (Lipinski definition) is 3. The summed E-state index contributed by atoms with van der Waals surface area (Å²) >= 11 is 0. The normalized spacial score (nSPS) is 40.5. The molecule has 7 atom stereocenters. The Bertz CT molecular complexity index is 586. The van der Waals surface area contributed by atoms with Crippen molar-refractivity contribution in [2.75, 3.05) is 13.1 Å². The van der Waals surface area contributed by atoms with E-state index in [2.05, 4.69) is 26.1 Å². The van der Waals surface area contributed by atoms with Gasteiger partial charge in [0.1, 0.15) is 0 Å². The molecule has 0 aromatic heterocycles. The van der Waals surface area contributed by atoms with Gasteiger partial charge < -0.3 is 15.3 Å². The molecule has 3 aliphatic rings. The molecule has 2 saturated carbocycles. The summed E-state index contributed by atoms with van der Waals surface area (Å²) in [6.07, 6.45) is 5.68. The van der Waals surface area contributed by atoms with Gasteiger partial charge in [0, 0.05) is 32.0 Å². The van der Waals surface area contributed by atoms with Crippen LogP contribution in [0.25, 0.3) is 0 Å². The van der Waals surface area contributed by atoms with Crippen LogP contribution in [0.5, 0.6) is 0 Å². The fraction of sp³-hybridized carbons (Fsp3) is 0.913. The first-order chi connectivity index (χ1) is 13.1. The van der Waals surface area contributed by atoms with Crippen molar-refractivity contribution in [1.82, 2.24) is 10.2 Å². The Labute approximate surface area is 170 Å². The van der Waals surface area contributed by atoms with E-state index >= 15 is 0 Å². The highest BCUT2D eigenvalue weighted by Crippen LogP contribution is 2.55. The lowest BCUT2D eigenvalue weighted by Gasteiger charge is -2.56. The van der Waals surface area contributed by atoms with Crippen molar-refractivity contribution in [1.29, 1.82) is 0 Å². The molecule has 5 heteroatoms. The Morgan fingerprint density at radius 2 is 1.71 bits per heavy atom. The van der Waals surface area contributed by atoms with Gasteiger partial charge in [0.05, 0.1) is 6.10 Å². The number of aliphatic hydroxyl groups excluding tert-OH is 1. The minimum atomic E-state index is -0.479. The van der Waals surface area contributed by atoms with Gasteiger partial charge >= 0.3 is 0 Å². The average Bonchev–Trinajstić information content (AvgIpc) is 2.63. The quantitative estimate of drug-likeness (QED) is 0.775. The summed E-state index contributed by atoms with van der Waals surface area (Å²) < 4.78 is 0. The second-order valence-corrected chi connectivity index (χ2v) is 10.4. The van der Waals surface area contributed by atoms with Gasteiger partial charge in [-0.1, -0.05) is 27.7 Å². The zero-order valence-electron chi connectivity index (χ0n) is 18.4. The molecule has 1 saturated heterocycles. The maximum Gasteiger partial charge on any atom is 0.225 e. The summed E-state index contributed by atoms with van der Waals surface area (Å²) in [4.78, 5) is 26.8. The van der Waals surface area contributed by atoms with Gasteiger partial charge in [-0.2, -0.15) is 0 Å². The van der Waals surface area contributed by atoms with Crippen LogP contribution in [-0.4, -0.2) is 47.1 Å². The van der Waals surface area contributed by atoms with Crippen molar-refractivity contribution >= 4 is 11.8 Å². The fourth-order valence-electron chi connectivity index (χ4n) is 6.46. The summed E-state index contributed by atoms with van der Waals surface area (Å²) in [7, 11) is 0. The molecular formula is C23H40N2O3. The number of hydrogen-bond donors (Lipinski definition) is 2. The molecule has 0 aromatic carbocycles. The molecule has 0 aromatic rings. The molecule has 0 bridgehead atoms. The number of piperidine rings is 1. The zero-order valence-corrected chi connectivity index (χ0v) is 18.4. The Hall–Kier alpha value is -1.10. The largest absolute Gasteiger partial charge is 0.392 e. The minimum Gasteiger partial charge on any atom is -0.392 e. The van der Waals surface area contributed by atoms with E-state index < -0.39 is 6.10 Å². The minimum absolute atomic E-state index is 0.00479. The lowest BCUT2D eigenvalue weighted by atomic mass is 9.51. The number of carbonyl (C=O) groups excluding carboxylic acids is 2. The third kappa shape index (κ3) is 4.10. The average molecular weight is 393 g/mol. The molecule has 28 heavy (non-hydrogen) atoms. The second-order valence-electron chi connectivity index (χ2n) is 10.4. The van der Waals surface area contributed by atoms with Crippen LogP contribution in [0.4, 0.5) is 0 Å². The summed E-state index contributed by atoms with van der Waals surface area (Å²) in [5.74, 6) is 1.16. The Morgan fingerprint density at radius 3 is 2.32 bits per heavy atom. The first-order valence-electron chi connectivity index (χ1n) is 11.4. The van der Waals surface area contributed by atoms with Crippen molar-refractivity contribution < 1.29 is 14.7 Å². The Kier molecular flexibility index (Phi) is 6.43. The lowest BCUT2D eigenvalue weighted by Crippen LogP contribution is -2.58. The predicted octanol–water partition coefficient (Wildman–Crippen LogP) is 3.21. The van der Waals surface area contributed by atoms with Crippen molar-refractivity contribution in [3.05, 3.63) is 0 Å². The van der Waals surface area contributed by atoms with Crippen LogP contribution in [0.3, 0.4) is 0 Å². The van der Waals surface area contributed by atoms with E-state index in [0.717, 1.165) is 51.6 Å². The van der Waals surface area contributed by atoms with Gasteiger partial charge in [0.25, 0.3) is 0 Å². The maximum atomic E-state index is 13.1. The first-order valence-corrected chi connectivity index (χ1v) is 11.4. The fourth-order valence-corrected chi connectivity index (χ4v) is 6.46. The van der Waals surface area contributed by atoms with E-state index in [-0.39, 0.29) is 46.9 Å². The topological polar surface area (TPSA) is 69.6 Å². The highest BCUT2D eigenvalue weighted by molar-refractivity contribution is 5.79. The molecule has 5 nitrogen and oxygen atoms in total. The standard InChI is InChI=1S/C23H40N2O3/c1-14-8-12-25(13-9-14)22(28)15(2)18-6-10-23(5)11-7-19(24-17(4)26)16(3)20(23)21(18)27/h14-16,18-21,27H,6-13H2,1-5H3,(H,24,26)/t15-,16+,18-,19-,20+,21-,23-/m0/s1. The second kappa shape index (κ2) is 8.33. The smallest absolute Gasteiger partial charge is 0.225 e. The number of aliphatic hydroxyl groups is 1. The van der Waals surface area contributed by atoms with E-state index in [1.54, 1.807) is 6.92 Å². The van der Waals surface area contributed by atoms with E-state index in [1.807, 2.05) is 11.8 Å². The first kappa shape index (κ1) is 21.6. The van der Waals surface area contributed by atoms with Gasteiger partial charge in [-0.15, -0.1) is 0 Å². The van der Waals surface area contributed by atoms with Crippen molar-refractivity contribution in [3.63, 3.8) is 0 Å². The molecule has 3 fully saturated rings. The number of nitrogens with one attached hydrogen (secondary N) is 1. The number of likely N-dealkylation sites (tertiary alicyclic amines) is 1. The van der Waals surface area contributed by atoms with E-state index in [4.69, 9.17) is 0 Å². The van der Waals surface area contributed by atoms with Gasteiger partial charge in [0.15, 0.2) is 0 Å². The van der Waals surface area contributed by atoms with Crippen LogP contribution in [0.15, 0.2) is 0 Å². The summed E-state index contributed by atoms with van der Waals surface area (Å²) in [6, 6.07) is 0.124. The van der Waals surface area contributed by atoms with E-state index in [9.17, 15) is 14.7 Å². The van der Waals surface area contributed by atoms with E-state index in [1.165, 1.54) is 0 Å². The molecule has 1 heterocycles. The van der Waals surface area contributed by atoms with Gasteiger partial charge in [-0.3, -0.25) is 9.59 Å². The zero-order chi connectivity index (χ0) is 20.6. The van der Waals surface area contributed by atoms with Crippen LogP contribution in [0, 0.1) is 35.0 Å². The molecule has 2 aliphatic carbocycles. The number of amides is 2. The molecule has 1 aliphatic heterocycles. The third-order valence-corrected chi connectivity index (χ3v) is 8.40. The van der Waals surface area contributed by atoms with Gasteiger partial charge in [-0.05, 0) is 67.6 Å². The van der Waals surface area contributed by atoms with Crippen LogP contribution < -0.4 is 5.32 Å². The number of rotatable bonds is 3. The molecule has 160 valence electrons. The summed E-state index contributed by atoms with van der Waals surface area (Å²) in [5, 5.41) is 14.5. The molecule has 2 N–H and O–H groups in total. The summed E-state index contributed by atoms with van der Waals surface area (Å²) in [5.41, 5.74) is 0.105. The Morgan fingerprint density at radius 1 is 1.11 bits per heavy atom. The van der Waals surface area contributed by atoms with Crippen LogP contribution in [-0.2, 0) is 9.59 Å². The SMILES string of the molecule is CC(=O)N[C@H]1CC[C@]2(C)CC[C@@H]([C@H](C)C(=O)N3CCC(C)CC3)[C@H](O)[C@H]2[C@@H]1C. The molecule has 3 rings (SSSR count). The van der Waals surface area contributed by atoms with Crippen molar-refractivity contribution in [2.45, 2.75) is 85.3 Å². The van der Waals surface area contributed by atoms with E-state index in [0.29, 0.717) is 5.92 Å². The van der Waals surface area contributed by atoms with Crippen molar-refractivity contribution in [2.24, 2.45) is 35.0 Å². The van der Waals surface area contributed by atoms with Gasteiger partial charge in [0.2, 0.25) is 11.8 Å². The molecule has 0 unspecified atom stereocenters. The van der Waals surface area contributed by atoms with Crippen molar-refractivity contribution in [3.8, 4) is 0 Å². The number of fused-ring (bicyclic) bond motifs is 1.